The second-order valence-corrected chi connectivity index (χ2v) is 7.27. The third-order valence-corrected chi connectivity index (χ3v) is 5.28. The molecule has 0 bridgehead atoms. The monoisotopic (exact) mass is 376 g/mol. The first-order valence-corrected chi connectivity index (χ1v) is 9.13. The van der Waals surface area contributed by atoms with Crippen molar-refractivity contribution in [2.75, 3.05) is 19.6 Å². The maximum absolute atomic E-state index is 12.2. The van der Waals surface area contributed by atoms with E-state index in [2.05, 4.69) is 20.7 Å². The Morgan fingerprint density at radius 1 is 1.29 bits per heavy atom. The quantitative estimate of drug-likeness (QED) is 0.793. The Kier molecular flexibility index (Phi) is 6.83. The Labute approximate surface area is 134 Å². The van der Waals surface area contributed by atoms with Crippen molar-refractivity contribution in [2.24, 2.45) is 0 Å². The Balaban J connectivity index is 2.70. The number of carbonyl (C=O) groups excluding carboxylic acids is 1. The van der Waals surface area contributed by atoms with Gasteiger partial charge in [-0.15, -0.1) is 0 Å². The van der Waals surface area contributed by atoms with E-state index in [0.29, 0.717) is 23.1 Å². The molecule has 5 nitrogen and oxygen atoms in total. The number of aryl methyl sites for hydroxylation is 1. The summed E-state index contributed by atoms with van der Waals surface area (Å²) in [4.78, 5) is 13.7. The minimum absolute atomic E-state index is 0.0475. The number of amides is 1. The Morgan fingerprint density at radius 3 is 2.48 bits per heavy atom. The molecular formula is C14H21BrN2O3S. The predicted molar refractivity (Wildman–Crippen MR) is 86.6 cm³/mol. The highest BCUT2D eigenvalue weighted by atomic mass is 79.9. The summed E-state index contributed by atoms with van der Waals surface area (Å²) in [5, 5.41) is 0. The summed E-state index contributed by atoms with van der Waals surface area (Å²) in [5.74, 6) is -0.0475. The summed E-state index contributed by atoms with van der Waals surface area (Å²) >= 11 is 3.26. The molecule has 0 fully saturated rings. The van der Waals surface area contributed by atoms with E-state index in [9.17, 15) is 13.2 Å². The van der Waals surface area contributed by atoms with Gasteiger partial charge in [-0.2, -0.15) is 0 Å². The highest BCUT2D eigenvalue weighted by Gasteiger charge is 2.18. The van der Waals surface area contributed by atoms with Crippen LogP contribution in [-0.2, 0) is 14.8 Å². The lowest BCUT2D eigenvalue weighted by Crippen LogP contribution is -2.34. The third kappa shape index (κ3) is 5.09. The second-order valence-electron chi connectivity index (χ2n) is 4.62. The summed E-state index contributed by atoms with van der Waals surface area (Å²) in [6.07, 6.45) is 0.161. The van der Waals surface area contributed by atoms with Crippen molar-refractivity contribution in [1.82, 2.24) is 9.62 Å². The van der Waals surface area contributed by atoms with Crippen molar-refractivity contribution in [2.45, 2.75) is 32.1 Å². The molecule has 0 aromatic heterocycles. The van der Waals surface area contributed by atoms with E-state index in [0.717, 1.165) is 0 Å². The lowest BCUT2D eigenvalue weighted by Gasteiger charge is -2.18. The fourth-order valence-electron chi connectivity index (χ4n) is 1.97. The zero-order chi connectivity index (χ0) is 16.0. The van der Waals surface area contributed by atoms with Crippen molar-refractivity contribution in [3.63, 3.8) is 0 Å². The number of carbonyl (C=O) groups is 1. The first-order chi connectivity index (χ1) is 9.81. The SMILES string of the molecule is CCN(CC)C(=O)CCNS(=O)(=O)c1cc(Br)ccc1C. The number of sulfonamides is 1. The average Bonchev–Trinajstić information content (AvgIpc) is 2.42. The van der Waals surface area contributed by atoms with Crippen LogP contribution in [-0.4, -0.2) is 38.9 Å². The maximum Gasteiger partial charge on any atom is 0.240 e. The Hall–Kier alpha value is -0.920. The molecule has 118 valence electrons. The number of halogens is 1. The van der Waals surface area contributed by atoms with Crippen molar-refractivity contribution < 1.29 is 13.2 Å². The molecule has 0 spiro atoms. The van der Waals surface area contributed by atoms with E-state index in [1.807, 2.05) is 13.8 Å². The van der Waals surface area contributed by atoms with Crippen LogP contribution in [0, 0.1) is 6.92 Å². The van der Waals surface area contributed by atoms with E-state index >= 15 is 0 Å². The molecule has 0 aliphatic rings. The van der Waals surface area contributed by atoms with Crippen LogP contribution in [0.3, 0.4) is 0 Å². The highest BCUT2D eigenvalue weighted by Crippen LogP contribution is 2.20. The van der Waals surface area contributed by atoms with Gasteiger partial charge in [-0.25, -0.2) is 13.1 Å². The minimum Gasteiger partial charge on any atom is -0.343 e. The summed E-state index contributed by atoms with van der Waals surface area (Å²) in [6.45, 7) is 6.90. The van der Waals surface area contributed by atoms with Gasteiger partial charge in [0.1, 0.15) is 0 Å². The topological polar surface area (TPSA) is 66.5 Å². The zero-order valence-electron chi connectivity index (χ0n) is 12.5. The van der Waals surface area contributed by atoms with Crippen LogP contribution < -0.4 is 4.72 Å². The molecule has 1 amide bonds. The van der Waals surface area contributed by atoms with Crippen molar-refractivity contribution in [3.8, 4) is 0 Å². The number of nitrogens with one attached hydrogen (secondary N) is 1. The van der Waals surface area contributed by atoms with Crippen molar-refractivity contribution in [3.05, 3.63) is 28.2 Å². The summed E-state index contributed by atoms with van der Waals surface area (Å²) < 4.78 is 27.7. The van der Waals surface area contributed by atoms with Crippen LogP contribution in [0.4, 0.5) is 0 Å². The predicted octanol–water partition coefficient (Wildman–Crippen LogP) is 2.29. The molecule has 0 saturated carbocycles. The van der Waals surface area contributed by atoms with E-state index in [4.69, 9.17) is 0 Å². The molecule has 21 heavy (non-hydrogen) atoms. The number of rotatable bonds is 7. The van der Waals surface area contributed by atoms with E-state index in [-0.39, 0.29) is 23.8 Å². The van der Waals surface area contributed by atoms with Crippen LogP contribution >= 0.6 is 15.9 Å². The molecule has 1 rings (SSSR count). The number of hydrogen-bond donors (Lipinski definition) is 1. The largest absolute Gasteiger partial charge is 0.343 e. The Bertz CT molecular complexity index is 598. The van der Waals surface area contributed by atoms with Gasteiger partial charge >= 0.3 is 0 Å². The van der Waals surface area contributed by atoms with E-state index in [1.54, 1.807) is 30.0 Å². The molecular weight excluding hydrogens is 356 g/mol. The van der Waals surface area contributed by atoms with Gasteiger partial charge in [0.15, 0.2) is 0 Å². The molecule has 0 aliphatic carbocycles. The van der Waals surface area contributed by atoms with Gasteiger partial charge in [-0.3, -0.25) is 4.79 Å². The van der Waals surface area contributed by atoms with Gasteiger partial charge in [0.2, 0.25) is 15.9 Å². The van der Waals surface area contributed by atoms with Gasteiger partial charge < -0.3 is 4.90 Å². The number of hydrogen-bond acceptors (Lipinski definition) is 3. The van der Waals surface area contributed by atoms with Gasteiger partial charge in [0.25, 0.3) is 0 Å². The van der Waals surface area contributed by atoms with Crippen LogP contribution in [0.2, 0.25) is 0 Å². The maximum atomic E-state index is 12.2. The van der Waals surface area contributed by atoms with Gasteiger partial charge in [0, 0.05) is 30.5 Å². The average molecular weight is 377 g/mol. The smallest absolute Gasteiger partial charge is 0.240 e. The zero-order valence-corrected chi connectivity index (χ0v) is 14.9. The fourth-order valence-corrected chi connectivity index (χ4v) is 3.78. The van der Waals surface area contributed by atoms with Crippen LogP contribution in [0.5, 0.6) is 0 Å². The van der Waals surface area contributed by atoms with Gasteiger partial charge in [-0.1, -0.05) is 22.0 Å². The standard InChI is InChI=1S/C14H21BrN2O3S/c1-4-17(5-2)14(18)8-9-16-21(19,20)13-10-12(15)7-6-11(13)3/h6-7,10,16H,4-5,8-9H2,1-3H3. The summed E-state index contributed by atoms with van der Waals surface area (Å²) in [7, 11) is -3.60. The van der Waals surface area contributed by atoms with Crippen molar-refractivity contribution in [1.29, 1.82) is 0 Å². The van der Waals surface area contributed by atoms with Crippen LogP contribution in [0.15, 0.2) is 27.6 Å². The van der Waals surface area contributed by atoms with Crippen LogP contribution in [0.1, 0.15) is 25.8 Å². The first-order valence-electron chi connectivity index (χ1n) is 6.85. The third-order valence-electron chi connectivity index (χ3n) is 3.19. The molecule has 1 aromatic carbocycles. The molecule has 0 heterocycles. The van der Waals surface area contributed by atoms with Crippen molar-refractivity contribution >= 4 is 31.9 Å². The normalized spacial score (nSPS) is 11.4. The molecule has 1 N–H and O–H groups in total. The molecule has 0 saturated heterocycles. The van der Waals surface area contributed by atoms with Gasteiger partial charge in [0.05, 0.1) is 4.90 Å². The number of benzene rings is 1. The summed E-state index contributed by atoms with van der Waals surface area (Å²) in [6, 6.07) is 5.09. The van der Waals surface area contributed by atoms with E-state index in [1.165, 1.54) is 0 Å². The minimum atomic E-state index is -3.60. The van der Waals surface area contributed by atoms with Gasteiger partial charge in [-0.05, 0) is 38.5 Å². The molecule has 7 heteroatoms. The lowest BCUT2D eigenvalue weighted by molar-refractivity contribution is -0.130. The second kappa shape index (κ2) is 7.91. The van der Waals surface area contributed by atoms with Crippen LogP contribution in [0.25, 0.3) is 0 Å². The molecule has 1 aromatic rings. The molecule has 0 unspecified atom stereocenters. The fraction of sp³-hybridized carbons (Fsp3) is 0.500. The number of nitrogens with zero attached hydrogens (tertiary/aromatic N) is 1. The molecule has 0 radical (unpaired) electrons. The Morgan fingerprint density at radius 2 is 1.90 bits per heavy atom. The van der Waals surface area contributed by atoms with E-state index < -0.39 is 10.0 Å². The summed E-state index contributed by atoms with van der Waals surface area (Å²) in [5.41, 5.74) is 0.667. The lowest BCUT2D eigenvalue weighted by atomic mass is 10.2. The highest BCUT2D eigenvalue weighted by molar-refractivity contribution is 9.10. The molecule has 0 atom stereocenters. The molecule has 0 aliphatic heterocycles. The first kappa shape index (κ1) is 18.1.